The fraction of sp³-hybridized carbons (Fsp3) is 0.938. The number of carbonyl (C=O) groups excluding carboxylic acids is 1. The molecular weight excluding hydrogens is 286 g/mol. The van der Waals surface area contributed by atoms with Crippen molar-refractivity contribution in [2.75, 3.05) is 11.5 Å². The fourth-order valence-corrected chi connectivity index (χ4v) is 6.87. The molecule has 0 saturated heterocycles. The highest BCUT2D eigenvalue weighted by Crippen LogP contribution is 2.58. The first-order valence-corrected chi connectivity index (χ1v) is 10.2. The molecule has 1 N–H and O–H groups in total. The molecule has 5 atom stereocenters. The van der Waals surface area contributed by atoms with Gasteiger partial charge in [-0.15, -0.1) is 0 Å². The van der Waals surface area contributed by atoms with E-state index >= 15 is 0 Å². The third kappa shape index (κ3) is 3.13. The third-order valence-electron chi connectivity index (χ3n) is 5.71. The Morgan fingerprint density at radius 3 is 2.57 bits per heavy atom. The van der Waals surface area contributed by atoms with Crippen LogP contribution >= 0.6 is 0 Å². The van der Waals surface area contributed by atoms with E-state index in [-0.39, 0.29) is 29.4 Å². The summed E-state index contributed by atoms with van der Waals surface area (Å²) < 4.78 is 23.8. The maximum Gasteiger partial charge on any atom is 0.235 e. The summed E-state index contributed by atoms with van der Waals surface area (Å²) in [5.74, 6) is 2.62. The topological polar surface area (TPSA) is 63.2 Å². The summed E-state index contributed by atoms with van der Waals surface area (Å²) in [4.78, 5) is 12.1. The first-order valence-electron chi connectivity index (χ1n) is 8.35. The van der Waals surface area contributed by atoms with Crippen LogP contribution in [0.3, 0.4) is 0 Å². The molecule has 4 nitrogen and oxygen atoms in total. The second kappa shape index (κ2) is 5.56. The molecule has 0 spiro atoms. The van der Waals surface area contributed by atoms with Gasteiger partial charge in [0.25, 0.3) is 0 Å². The van der Waals surface area contributed by atoms with Crippen LogP contribution in [0.2, 0.25) is 0 Å². The van der Waals surface area contributed by atoms with Crippen molar-refractivity contribution in [1.82, 2.24) is 5.32 Å². The molecule has 0 radical (unpaired) electrons. The number of rotatable bonds is 5. The molecule has 1 amide bonds. The van der Waals surface area contributed by atoms with Gasteiger partial charge in [0.2, 0.25) is 5.91 Å². The second-order valence-corrected chi connectivity index (χ2v) is 9.89. The molecule has 3 aliphatic rings. The molecule has 3 fully saturated rings. The minimum atomic E-state index is -3.26. The van der Waals surface area contributed by atoms with Gasteiger partial charge in [-0.05, 0) is 55.3 Å². The largest absolute Gasteiger partial charge is 0.352 e. The van der Waals surface area contributed by atoms with E-state index in [1.165, 1.54) is 25.7 Å². The van der Waals surface area contributed by atoms with Gasteiger partial charge in [-0.1, -0.05) is 20.3 Å². The highest BCUT2D eigenvalue weighted by Gasteiger charge is 2.54. The number of fused-ring (bicyclic) bond motifs is 5. The zero-order valence-electron chi connectivity index (χ0n) is 13.0. The van der Waals surface area contributed by atoms with Gasteiger partial charge in [-0.3, -0.25) is 4.79 Å². The Morgan fingerprint density at radius 2 is 1.86 bits per heavy atom. The van der Waals surface area contributed by atoms with Gasteiger partial charge in [0.15, 0.2) is 9.84 Å². The van der Waals surface area contributed by atoms with Crippen molar-refractivity contribution < 1.29 is 13.2 Å². The fourth-order valence-electron chi connectivity index (χ4n) is 5.25. The van der Waals surface area contributed by atoms with Gasteiger partial charge in [-0.2, -0.15) is 0 Å². The van der Waals surface area contributed by atoms with Crippen LogP contribution in [0.25, 0.3) is 0 Å². The second-order valence-electron chi connectivity index (χ2n) is 7.78. The number of amides is 1. The summed E-state index contributed by atoms with van der Waals surface area (Å²) in [5, 5.41) is 3.03. The number of sulfone groups is 1. The quantitative estimate of drug-likeness (QED) is 0.844. The Bertz CT molecular complexity index is 514. The van der Waals surface area contributed by atoms with E-state index in [1.807, 2.05) is 13.8 Å². The van der Waals surface area contributed by atoms with Crippen molar-refractivity contribution in [3.63, 3.8) is 0 Å². The lowest BCUT2D eigenvalue weighted by molar-refractivity contribution is -0.119. The molecule has 0 aromatic rings. The molecule has 120 valence electrons. The van der Waals surface area contributed by atoms with Crippen LogP contribution in [0, 0.1) is 29.6 Å². The van der Waals surface area contributed by atoms with E-state index in [9.17, 15) is 13.2 Å². The van der Waals surface area contributed by atoms with E-state index in [2.05, 4.69) is 5.32 Å². The first-order chi connectivity index (χ1) is 9.85. The van der Waals surface area contributed by atoms with E-state index in [0.29, 0.717) is 5.92 Å². The van der Waals surface area contributed by atoms with Crippen molar-refractivity contribution >= 4 is 15.7 Å². The molecule has 5 unspecified atom stereocenters. The predicted octanol–water partition coefficient (Wildman–Crippen LogP) is 2.00. The Kier molecular flexibility index (Phi) is 4.06. The smallest absolute Gasteiger partial charge is 0.235 e. The molecule has 21 heavy (non-hydrogen) atoms. The highest BCUT2D eigenvalue weighted by atomic mass is 32.2. The van der Waals surface area contributed by atoms with Crippen molar-refractivity contribution in [3.8, 4) is 0 Å². The van der Waals surface area contributed by atoms with Crippen LogP contribution in [0.1, 0.15) is 46.0 Å². The molecule has 3 saturated carbocycles. The Balaban J connectivity index is 1.55. The lowest BCUT2D eigenvalue weighted by Crippen LogP contribution is -2.44. The van der Waals surface area contributed by atoms with Gasteiger partial charge < -0.3 is 5.32 Å². The zero-order chi connectivity index (χ0) is 15.2. The van der Waals surface area contributed by atoms with Crippen LogP contribution in [0.5, 0.6) is 0 Å². The standard InChI is InChI=1S/C16H27NO3S/c1-10(2)8-21(19,20)9-16(18)17-15-7-11-6-14(15)13-5-3-4-12(11)13/h10-15H,3-9H2,1-2H3,(H,17,18). The van der Waals surface area contributed by atoms with E-state index in [4.69, 9.17) is 0 Å². The first kappa shape index (κ1) is 15.3. The number of hydrogen-bond acceptors (Lipinski definition) is 3. The molecule has 0 aliphatic heterocycles. The maximum atomic E-state index is 12.1. The van der Waals surface area contributed by atoms with Crippen molar-refractivity contribution in [2.24, 2.45) is 29.6 Å². The summed E-state index contributed by atoms with van der Waals surface area (Å²) in [6.45, 7) is 3.73. The highest BCUT2D eigenvalue weighted by molar-refractivity contribution is 7.92. The maximum absolute atomic E-state index is 12.1. The van der Waals surface area contributed by atoms with E-state index in [0.717, 1.165) is 24.2 Å². The average molecular weight is 313 g/mol. The zero-order valence-corrected chi connectivity index (χ0v) is 13.9. The van der Waals surface area contributed by atoms with Gasteiger partial charge in [-0.25, -0.2) is 8.42 Å². The molecule has 3 aliphatic carbocycles. The molecule has 0 aromatic carbocycles. The van der Waals surface area contributed by atoms with Gasteiger partial charge in [0.1, 0.15) is 5.75 Å². The van der Waals surface area contributed by atoms with Gasteiger partial charge in [0.05, 0.1) is 5.75 Å². The summed E-state index contributed by atoms with van der Waals surface area (Å²) >= 11 is 0. The summed E-state index contributed by atoms with van der Waals surface area (Å²) in [5.41, 5.74) is 0. The molecule has 5 heteroatoms. The van der Waals surface area contributed by atoms with Crippen LogP contribution in [0.4, 0.5) is 0 Å². The van der Waals surface area contributed by atoms with Crippen molar-refractivity contribution in [1.29, 1.82) is 0 Å². The van der Waals surface area contributed by atoms with Crippen LogP contribution in [-0.2, 0) is 14.6 Å². The molecule has 0 heterocycles. The molecular formula is C16H27NO3S. The van der Waals surface area contributed by atoms with Crippen molar-refractivity contribution in [3.05, 3.63) is 0 Å². The van der Waals surface area contributed by atoms with E-state index < -0.39 is 9.84 Å². The van der Waals surface area contributed by atoms with Crippen LogP contribution in [0.15, 0.2) is 0 Å². The van der Waals surface area contributed by atoms with Gasteiger partial charge in [0, 0.05) is 6.04 Å². The number of nitrogens with one attached hydrogen (secondary N) is 1. The molecule has 3 rings (SSSR count). The molecule has 0 aromatic heterocycles. The Labute approximate surface area is 128 Å². The molecule has 2 bridgehead atoms. The lowest BCUT2D eigenvalue weighted by Gasteiger charge is -2.32. The van der Waals surface area contributed by atoms with Crippen molar-refractivity contribution in [2.45, 2.75) is 52.0 Å². The summed E-state index contributed by atoms with van der Waals surface area (Å²) in [7, 11) is -3.26. The lowest BCUT2D eigenvalue weighted by atomic mass is 9.79. The monoisotopic (exact) mass is 313 g/mol. The minimum absolute atomic E-state index is 0.0736. The van der Waals surface area contributed by atoms with Crippen LogP contribution < -0.4 is 5.32 Å². The van der Waals surface area contributed by atoms with E-state index in [1.54, 1.807) is 0 Å². The summed E-state index contributed by atoms with van der Waals surface area (Å²) in [6, 6.07) is 0.232. The number of carbonyl (C=O) groups is 1. The Morgan fingerprint density at radius 1 is 1.14 bits per heavy atom. The minimum Gasteiger partial charge on any atom is -0.352 e. The SMILES string of the molecule is CC(C)CS(=O)(=O)CC(=O)NC1CC2CC1C1CCCC21. The third-order valence-corrected chi connectivity index (χ3v) is 7.59. The number of hydrogen-bond donors (Lipinski definition) is 1. The Hall–Kier alpha value is -0.580. The van der Waals surface area contributed by atoms with Gasteiger partial charge >= 0.3 is 0 Å². The average Bonchev–Trinajstić information content (AvgIpc) is 2.94. The normalized spacial score (nSPS) is 38.0. The van der Waals surface area contributed by atoms with Crippen LogP contribution in [-0.4, -0.2) is 31.9 Å². The summed E-state index contributed by atoms with van der Waals surface area (Å²) in [6.07, 6.45) is 6.34. The predicted molar refractivity (Wildman–Crippen MR) is 82.5 cm³/mol.